The molecular formula is C12H10F2N4O. The number of hydrogen-bond donors (Lipinski definition) is 1. The molecule has 0 amide bonds. The average molecular weight is 264 g/mol. The molecule has 7 heteroatoms. The maximum absolute atomic E-state index is 13.6. The number of rotatable bonds is 2. The van der Waals surface area contributed by atoms with E-state index in [4.69, 9.17) is 15.7 Å². The van der Waals surface area contributed by atoms with Crippen molar-refractivity contribution in [2.24, 2.45) is 7.05 Å². The van der Waals surface area contributed by atoms with E-state index in [1.54, 1.807) is 6.92 Å². The lowest BCUT2D eigenvalue weighted by Crippen LogP contribution is -2.00. The van der Waals surface area contributed by atoms with Crippen LogP contribution < -0.4 is 10.5 Å². The van der Waals surface area contributed by atoms with Gasteiger partial charge in [-0.3, -0.25) is 0 Å². The summed E-state index contributed by atoms with van der Waals surface area (Å²) in [5.74, 6) is -1.93. The molecule has 2 aromatic rings. The minimum absolute atomic E-state index is 0.0445. The van der Waals surface area contributed by atoms with Crippen molar-refractivity contribution in [3.8, 4) is 17.7 Å². The first-order chi connectivity index (χ1) is 8.93. The lowest BCUT2D eigenvalue weighted by atomic mass is 10.2. The first-order valence-electron chi connectivity index (χ1n) is 5.30. The van der Waals surface area contributed by atoms with E-state index in [0.29, 0.717) is 5.69 Å². The smallest absolute Gasteiger partial charge is 0.236 e. The van der Waals surface area contributed by atoms with Crippen molar-refractivity contribution < 1.29 is 13.5 Å². The molecule has 1 aromatic carbocycles. The van der Waals surface area contributed by atoms with E-state index in [1.807, 2.05) is 6.07 Å². The number of aryl methyl sites for hydroxylation is 2. The molecule has 0 saturated carbocycles. The van der Waals surface area contributed by atoms with E-state index >= 15 is 0 Å². The van der Waals surface area contributed by atoms with Crippen molar-refractivity contribution in [1.82, 2.24) is 9.78 Å². The minimum Gasteiger partial charge on any atom is -0.435 e. The molecule has 1 aromatic heterocycles. The Labute approximate surface area is 107 Å². The van der Waals surface area contributed by atoms with Crippen LogP contribution in [0, 0.1) is 29.9 Å². The third-order valence-electron chi connectivity index (χ3n) is 2.54. The van der Waals surface area contributed by atoms with Gasteiger partial charge in [-0.15, -0.1) is 0 Å². The topological polar surface area (TPSA) is 76.9 Å². The average Bonchev–Trinajstić information content (AvgIpc) is 2.60. The summed E-state index contributed by atoms with van der Waals surface area (Å²) in [7, 11) is 1.54. The third-order valence-corrected chi connectivity index (χ3v) is 2.54. The van der Waals surface area contributed by atoms with E-state index < -0.39 is 11.6 Å². The van der Waals surface area contributed by atoms with Gasteiger partial charge in [0.2, 0.25) is 5.88 Å². The normalized spacial score (nSPS) is 10.3. The Morgan fingerprint density at radius 2 is 2.05 bits per heavy atom. The second-order valence-electron chi connectivity index (χ2n) is 3.91. The fraction of sp³-hybridized carbons (Fsp3) is 0.167. The van der Waals surface area contributed by atoms with Crippen molar-refractivity contribution in [3.05, 3.63) is 35.0 Å². The molecule has 0 saturated heterocycles. The molecule has 5 nitrogen and oxygen atoms in total. The van der Waals surface area contributed by atoms with Crippen LogP contribution in [0.1, 0.15) is 11.3 Å². The number of benzene rings is 1. The van der Waals surface area contributed by atoms with Crippen LogP contribution in [0.5, 0.6) is 11.6 Å². The van der Waals surface area contributed by atoms with Crippen LogP contribution >= 0.6 is 0 Å². The van der Waals surface area contributed by atoms with Crippen molar-refractivity contribution in [3.63, 3.8) is 0 Å². The van der Waals surface area contributed by atoms with Crippen LogP contribution in [0.2, 0.25) is 0 Å². The van der Waals surface area contributed by atoms with E-state index in [9.17, 15) is 8.78 Å². The first kappa shape index (κ1) is 12.8. The molecule has 0 aliphatic carbocycles. The number of aromatic nitrogens is 2. The van der Waals surface area contributed by atoms with Gasteiger partial charge in [0.05, 0.1) is 11.4 Å². The number of nitrogens with two attached hydrogens (primary N) is 1. The zero-order chi connectivity index (χ0) is 14.2. The highest BCUT2D eigenvalue weighted by Gasteiger charge is 2.18. The molecule has 0 spiro atoms. The number of halogens is 2. The number of nitriles is 1. The predicted octanol–water partition coefficient (Wildman–Crippen LogP) is 2.25. The molecule has 0 aliphatic heterocycles. The Kier molecular flexibility index (Phi) is 3.09. The molecule has 2 N–H and O–H groups in total. The van der Waals surface area contributed by atoms with Crippen molar-refractivity contribution >= 4 is 5.69 Å². The van der Waals surface area contributed by atoms with Gasteiger partial charge in [0.25, 0.3) is 0 Å². The highest BCUT2D eigenvalue weighted by atomic mass is 19.1. The van der Waals surface area contributed by atoms with Crippen LogP contribution in [0.3, 0.4) is 0 Å². The summed E-state index contributed by atoms with van der Waals surface area (Å²) < 4.78 is 33.4. The second kappa shape index (κ2) is 4.57. The SMILES string of the molecule is Cc1nn(C)c(Oc2cc(F)c(N)cc2F)c1C#N. The zero-order valence-electron chi connectivity index (χ0n) is 10.2. The van der Waals surface area contributed by atoms with Crippen molar-refractivity contribution in [1.29, 1.82) is 5.26 Å². The van der Waals surface area contributed by atoms with E-state index in [-0.39, 0.29) is 22.9 Å². The highest BCUT2D eigenvalue weighted by Crippen LogP contribution is 2.30. The monoisotopic (exact) mass is 264 g/mol. The Balaban J connectivity index is 2.48. The third kappa shape index (κ3) is 2.20. The van der Waals surface area contributed by atoms with Gasteiger partial charge in [0, 0.05) is 19.2 Å². The number of nitrogen functional groups attached to an aromatic ring is 1. The Hall–Kier alpha value is -2.62. The van der Waals surface area contributed by atoms with Crippen LogP contribution in [0.25, 0.3) is 0 Å². The Morgan fingerprint density at radius 1 is 1.37 bits per heavy atom. The lowest BCUT2D eigenvalue weighted by molar-refractivity contribution is 0.399. The maximum atomic E-state index is 13.6. The standard InChI is InChI=1S/C12H10F2N4O/c1-6-7(5-15)12(18(2)17-6)19-11-4-8(13)10(16)3-9(11)14/h3-4H,16H2,1-2H3. The van der Waals surface area contributed by atoms with Gasteiger partial charge in [-0.05, 0) is 6.92 Å². The van der Waals surface area contributed by atoms with Crippen molar-refractivity contribution in [2.45, 2.75) is 6.92 Å². The summed E-state index contributed by atoms with van der Waals surface area (Å²) in [6.07, 6.45) is 0. The molecule has 2 rings (SSSR count). The minimum atomic E-state index is -0.818. The maximum Gasteiger partial charge on any atom is 0.236 e. The van der Waals surface area contributed by atoms with Crippen molar-refractivity contribution in [2.75, 3.05) is 5.73 Å². The number of anilines is 1. The molecule has 0 atom stereocenters. The summed E-state index contributed by atoms with van der Waals surface area (Å²) in [5, 5.41) is 13.0. The fourth-order valence-electron chi connectivity index (χ4n) is 1.61. The van der Waals surface area contributed by atoms with Crippen LogP contribution in [-0.4, -0.2) is 9.78 Å². The molecule has 0 aliphatic rings. The van der Waals surface area contributed by atoms with E-state index in [0.717, 1.165) is 12.1 Å². The first-order valence-corrected chi connectivity index (χ1v) is 5.30. The van der Waals surface area contributed by atoms with Crippen LogP contribution in [0.4, 0.5) is 14.5 Å². The van der Waals surface area contributed by atoms with Gasteiger partial charge in [-0.25, -0.2) is 13.5 Å². The molecule has 0 fully saturated rings. The number of nitrogens with zero attached hydrogens (tertiary/aromatic N) is 3. The van der Waals surface area contributed by atoms with Crippen LogP contribution in [0.15, 0.2) is 12.1 Å². The summed E-state index contributed by atoms with van der Waals surface area (Å²) >= 11 is 0. The van der Waals surface area contributed by atoms with E-state index in [2.05, 4.69) is 5.10 Å². The van der Waals surface area contributed by atoms with E-state index in [1.165, 1.54) is 11.7 Å². The predicted molar refractivity (Wildman–Crippen MR) is 63.5 cm³/mol. The van der Waals surface area contributed by atoms with Gasteiger partial charge in [-0.1, -0.05) is 0 Å². The van der Waals surface area contributed by atoms with Crippen LogP contribution in [-0.2, 0) is 7.05 Å². The lowest BCUT2D eigenvalue weighted by Gasteiger charge is -2.08. The van der Waals surface area contributed by atoms with Gasteiger partial charge in [0.1, 0.15) is 17.4 Å². The second-order valence-corrected chi connectivity index (χ2v) is 3.91. The molecule has 19 heavy (non-hydrogen) atoms. The summed E-state index contributed by atoms with van der Waals surface area (Å²) in [5.41, 5.74) is 5.53. The summed E-state index contributed by atoms with van der Waals surface area (Å²) in [6.45, 7) is 1.62. The number of ether oxygens (including phenoxy) is 1. The summed E-state index contributed by atoms with van der Waals surface area (Å²) in [4.78, 5) is 0. The molecule has 0 unspecified atom stereocenters. The largest absolute Gasteiger partial charge is 0.435 e. The van der Waals surface area contributed by atoms with Gasteiger partial charge in [0.15, 0.2) is 11.6 Å². The van der Waals surface area contributed by atoms with Gasteiger partial charge >= 0.3 is 0 Å². The molecule has 0 bridgehead atoms. The molecule has 1 heterocycles. The fourth-order valence-corrected chi connectivity index (χ4v) is 1.61. The molecule has 98 valence electrons. The highest BCUT2D eigenvalue weighted by molar-refractivity contribution is 5.48. The zero-order valence-corrected chi connectivity index (χ0v) is 10.2. The Bertz CT molecular complexity index is 688. The quantitative estimate of drug-likeness (QED) is 0.844. The molecule has 0 radical (unpaired) electrons. The van der Waals surface area contributed by atoms with Gasteiger partial charge in [-0.2, -0.15) is 10.4 Å². The summed E-state index contributed by atoms with van der Waals surface area (Å²) in [6, 6.07) is 3.55. The Morgan fingerprint density at radius 3 is 2.68 bits per heavy atom. The van der Waals surface area contributed by atoms with Gasteiger partial charge < -0.3 is 10.5 Å². The number of hydrogen-bond acceptors (Lipinski definition) is 4. The molecular weight excluding hydrogens is 254 g/mol.